The smallest absolute Gasteiger partial charge is 0.254 e. The van der Waals surface area contributed by atoms with Crippen LogP contribution in [0.4, 0.5) is 0 Å². The van der Waals surface area contributed by atoms with Crippen LogP contribution in [0.15, 0.2) is 11.4 Å². The molecule has 0 aromatic carbocycles. The summed E-state index contributed by atoms with van der Waals surface area (Å²) in [6, 6.07) is 1.68. The first kappa shape index (κ1) is 8.56. The summed E-state index contributed by atoms with van der Waals surface area (Å²) >= 11 is 7.03. The summed E-state index contributed by atoms with van der Waals surface area (Å²) in [7, 11) is 3.43. The van der Waals surface area contributed by atoms with Gasteiger partial charge in [-0.25, -0.2) is 0 Å². The molecule has 1 rings (SSSR count). The van der Waals surface area contributed by atoms with Crippen molar-refractivity contribution in [2.75, 3.05) is 14.1 Å². The number of hydrogen-bond acceptors (Lipinski definition) is 2. The molecule has 0 radical (unpaired) electrons. The molecule has 11 heavy (non-hydrogen) atoms. The van der Waals surface area contributed by atoms with E-state index >= 15 is 0 Å². The summed E-state index contributed by atoms with van der Waals surface area (Å²) in [5.41, 5.74) is 0.657. The first-order valence-corrected chi connectivity index (χ1v) is 4.32. The number of carbonyl (C=O) groups excluding carboxylic acids is 1. The summed E-state index contributed by atoms with van der Waals surface area (Å²) < 4.78 is 0.648. The maximum absolute atomic E-state index is 11.2. The molecule has 0 aliphatic heterocycles. The highest BCUT2D eigenvalue weighted by Gasteiger charge is 2.08. The van der Waals surface area contributed by atoms with Crippen LogP contribution in [0.1, 0.15) is 10.4 Å². The van der Waals surface area contributed by atoms with Crippen LogP contribution >= 0.6 is 22.9 Å². The molecule has 60 valence electrons. The zero-order chi connectivity index (χ0) is 8.43. The van der Waals surface area contributed by atoms with Crippen LogP contribution in [0.2, 0.25) is 4.34 Å². The van der Waals surface area contributed by atoms with E-state index in [9.17, 15) is 4.79 Å². The van der Waals surface area contributed by atoms with E-state index in [-0.39, 0.29) is 5.91 Å². The van der Waals surface area contributed by atoms with Crippen molar-refractivity contribution in [3.05, 3.63) is 21.3 Å². The van der Waals surface area contributed by atoms with Crippen LogP contribution in [-0.4, -0.2) is 24.9 Å². The van der Waals surface area contributed by atoms with Gasteiger partial charge in [0, 0.05) is 19.5 Å². The molecule has 1 aromatic rings. The van der Waals surface area contributed by atoms with E-state index in [1.165, 1.54) is 16.2 Å². The van der Waals surface area contributed by atoms with E-state index in [4.69, 9.17) is 11.6 Å². The Morgan fingerprint density at radius 3 is 2.64 bits per heavy atom. The van der Waals surface area contributed by atoms with Gasteiger partial charge in [-0.15, -0.1) is 11.3 Å². The lowest BCUT2D eigenvalue weighted by Crippen LogP contribution is -2.20. The fraction of sp³-hybridized carbons (Fsp3) is 0.286. The standard InChI is InChI=1S/C7H8ClNOS/c1-9(2)7(10)5-3-6(8)11-4-5/h3-4H,1-2H3. The van der Waals surface area contributed by atoms with Gasteiger partial charge in [-0.2, -0.15) is 0 Å². The lowest BCUT2D eigenvalue weighted by molar-refractivity contribution is 0.0828. The molecule has 1 heterocycles. The van der Waals surface area contributed by atoms with Crippen molar-refractivity contribution >= 4 is 28.8 Å². The molecule has 0 bridgehead atoms. The highest BCUT2D eigenvalue weighted by Crippen LogP contribution is 2.20. The molecule has 0 saturated heterocycles. The summed E-state index contributed by atoms with van der Waals surface area (Å²) in [5, 5.41) is 1.75. The van der Waals surface area contributed by atoms with Gasteiger partial charge in [0.25, 0.3) is 5.91 Å². The minimum atomic E-state index is -0.00634. The SMILES string of the molecule is CN(C)C(=O)c1csc(Cl)c1. The maximum atomic E-state index is 11.2. The molecule has 2 nitrogen and oxygen atoms in total. The maximum Gasteiger partial charge on any atom is 0.254 e. The second-order valence-corrected chi connectivity index (χ2v) is 3.88. The van der Waals surface area contributed by atoms with E-state index in [2.05, 4.69) is 0 Å². The average molecular weight is 190 g/mol. The summed E-state index contributed by atoms with van der Waals surface area (Å²) in [6.45, 7) is 0. The third-order valence-electron chi connectivity index (χ3n) is 1.22. The zero-order valence-corrected chi connectivity index (χ0v) is 7.87. The number of thiophene rings is 1. The van der Waals surface area contributed by atoms with Gasteiger partial charge in [-0.1, -0.05) is 11.6 Å². The molecule has 0 unspecified atom stereocenters. The van der Waals surface area contributed by atoms with E-state index < -0.39 is 0 Å². The van der Waals surface area contributed by atoms with E-state index in [0.717, 1.165) is 0 Å². The third kappa shape index (κ3) is 1.94. The van der Waals surface area contributed by atoms with Crippen molar-refractivity contribution in [2.24, 2.45) is 0 Å². The molecule has 0 spiro atoms. The Balaban J connectivity index is 2.85. The first-order chi connectivity index (χ1) is 5.11. The van der Waals surface area contributed by atoms with Gasteiger partial charge >= 0.3 is 0 Å². The normalized spacial score (nSPS) is 9.73. The minimum absolute atomic E-state index is 0.00634. The number of amides is 1. The van der Waals surface area contributed by atoms with Gasteiger partial charge in [-0.3, -0.25) is 4.79 Å². The fourth-order valence-electron chi connectivity index (χ4n) is 0.680. The van der Waals surface area contributed by atoms with E-state index in [1.54, 1.807) is 25.5 Å². The van der Waals surface area contributed by atoms with Crippen molar-refractivity contribution in [1.82, 2.24) is 4.90 Å². The lowest BCUT2D eigenvalue weighted by Gasteiger charge is -2.07. The Labute approximate surface area is 74.4 Å². The number of halogens is 1. The van der Waals surface area contributed by atoms with Gasteiger partial charge in [0.2, 0.25) is 0 Å². The van der Waals surface area contributed by atoms with Crippen molar-refractivity contribution in [2.45, 2.75) is 0 Å². The summed E-state index contributed by atoms with van der Waals surface area (Å²) in [6.07, 6.45) is 0. The fourth-order valence-corrected chi connectivity index (χ4v) is 1.54. The predicted octanol–water partition coefficient (Wildman–Crippen LogP) is 2.10. The summed E-state index contributed by atoms with van der Waals surface area (Å²) in [4.78, 5) is 12.8. The third-order valence-corrected chi connectivity index (χ3v) is 2.31. The predicted molar refractivity (Wildman–Crippen MR) is 47.3 cm³/mol. The molecule has 0 N–H and O–H groups in total. The Morgan fingerprint density at radius 2 is 2.27 bits per heavy atom. The highest BCUT2D eigenvalue weighted by molar-refractivity contribution is 7.14. The molecule has 4 heteroatoms. The largest absolute Gasteiger partial charge is 0.345 e. The molecule has 0 fully saturated rings. The van der Waals surface area contributed by atoms with Crippen LogP contribution in [-0.2, 0) is 0 Å². The van der Waals surface area contributed by atoms with Gasteiger partial charge in [-0.05, 0) is 6.07 Å². The number of rotatable bonds is 1. The molecule has 0 aliphatic carbocycles. The molecular formula is C7H8ClNOS. The minimum Gasteiger partial charge on any atom is -0.345 e. The Hall–Kier alpha value is -0.540. The van der Waals surface area contributed by atoms with Crippen molar-refractivity contribution in [3.8, 4) is 0 Å². The molecule has 1 amide bonds. The zero-order valence-electron chi connectivity index (χ0n) is 6.30. The Bertz CT molecular complexity index is 269. The first-order valence-electron chi connectivity index (χ1n) is 3.07. The van der Waals surface area contributed by atoms with Gasteiger partial charge in [0.15, 0.2) is 0 Å². The van der Waals surface area contributed by atoms with Gasteiger partial charge < -0.3 is 4.90 Å². The quantitative estimate of drug-likeness (QED) is 0.663. The second kappa shape index (κ2) is 3.24. The van der Waals surface area contributed by atoms with Crippen LogP contribution in [0.3, 0.4) is 0 Å². The van der Waals surface area contributed by atoms with Crippen molar-refractivity contribution < 1.29 is 4.79 Å². The molecular weight excluding hydrogens is 182 g/mol. The monoisotopic (exact) mass is 189 g/mol. The number of hydrogen-bond donors (Lipinski definition) is 0. The van der Waals surface area contributed by atoms with Crippen LogP contribution in [0, 0.1) is 0 Å². The second-order valence-electron chi connectivity index (χ2n) is 2.34. The van der Waals surface area contributed by atoms with E-state index in [0.29, 0.717) is 9.90 Å². The van der Waals surface area contributed by atoms with Gasteiger partial charge in [0.1, 0.15) is 0 Å². The Morgan fingerprint density at radius 1 is 1.64 bits per heavy atom. The number of carbonyl (C=O) groups is 1. The van der Waals surface area contributed by atoms with Crippen LogP contribution in [0.25, 0.3) is 0 Å². The molecule has 0 atom stereocenters. The Kier molecular flexibility index (Phi) is 2.52. The van der Waals surface area contributed by atoms with Gasteiger partial charge in [0.05, 0.1) is 9.90 Å². The molecule has 1 aromatic heterocycles. The van der Waals surface area contributed by atoms with Crippen LogP contribution in [0.5, 0.6) is 0 Å². The lowest BCUT2D eigenvalue weighted by atomic mass is 10.3. The topological polar surface area (TPSA) is 20.3 Å². The molecule has 0 aliphatic rings. The summed E-state index contributed by atoms with van der Waals surface area (Å²) in [5.74, 6) is -0.00634. The highest BCUT2D eigenvalue weighted by atomic mass is 35.5. The molecule has 0 saturated carbocycles. The van der Waals surface area contributed by atoms with Crippen LogP contribution < -0.4 is 0 Å². The number of nitrogens with zero attached hydrogens (tertiary/aromatic N) is 1. The van der Waals surface area contributed by atoms with E-state index in [1.807, 2.05) is 0 Å². The van der Waals surface area contributed by atoms with Crippen molar-refractivity contribution in [1.29, 1.82) is 0 Å². The van der Waals surface area contributed by atoms with Crippen molar-refractivity contribution in [3.63, 3.8) is 0 Å². The average Bonchev–Trinajstić information content (AvgIpc) is 2.34.